The first kappa shape index (κ1) is 23.0. The van der Waals surface area contributed by atoms with E-state index in [0.29, 0.717) is 19.6 Å². The van der Waals surface area contributed by atoms with Crippen LogP contribution < -0.4 is 10.2 Å². The Kier molecular flexibility index (Phi) is 6.51. The highest BCUT2D eigenvalue weighted by Gasteiger charge is 2.34. The third kappa shape index (κ3) is 5.24. The van der Waals surface area contributed by atoms with E-state index in [1.807, 2.05) is 25.1 Å². The van der Waals surface area contributed by atoms with Crippen LogP contribution in [0.5, 0.6) is 0 Å². The third-order valence-electron chi connectivity index (χ3n) is 5.97. The zero-order chi connectivity index (χ0) is 23.6. The molecule has 1 fully saturated rings. The number of hydrogen-bond acceptors (Lipinski definition) is 4. The number of carbonyl (C=O) groups is 2. The summed E-state index contributed by atoms with van der Waals surface area (Å²) in [6.07, 6.45) is -0.996. The van der Waals surface area contributed by atoms with Gasteiger partial charge in [-0.2, -0.15) is 13.2 Å². The Morgan fingerprint density at radius 3 is 2.67 bits per heavy atom. The Morgan fingerprint density at radius 1 is 1.21 bits per heavy atom. The maximum absolute atomic E-state index is 12.9. The smallest absolute Gasteiger partial charge is 0.339 e. The summed E-state index contributed by atoms with van der Waals surface area (Å²) in [7, 11) is 0. The minimum atomic E-state index is -4.49. The van der Waals surface area contributed by atoms with E-state index < -0.39 is 17.8 Å². The Hall–Kier alpha value is -3.20. The van der Waals surface area contributed by atoms with Crippen molar-refractivity contribution in [1.29, 1.82) is 0 Å². The summed E-state index contributed by atoms with van der Waals surface area (Å²) in [4.78, 5) is 32.6. The molecule has 1 aromatic carbocycles. The molecule has 1 aromatic heterocycles. The van der Waals surface area contributed by atoms with Gasteiger partial charge in [-0.05, 0) is 36.6 Å². The highest BCUT2D eigenvalue weighted by Crippen LogP contribution is 2.30. The quantitative estimate of drug-likeness (QED) is 0.763. The average Bonchev–Trinajstić information content (AvgIpc) is 2.80. The normalized spacial score (nSPS) is 19.5. The van der Waals surface area contributed by atoms with Crippen molar-refractivity contribution in [3.8, 4) is 0 Å². The Bertz CT molecular complexity index is 1070. The van der Waals surface area contributed by atoms with Crippen molar-refractivity contribution in [2.75, 3.05) is 31.1 Å². The van der Waals surface area contributed by atoms with Crippen LogP contribution in [0.25, 0.3) is 5.57 Å². The molecule has 1 atom stereocenters. The maximum atomic E-state index is 12.9. The zero-order valence-electron chi connectivity index (χ0n) is 18.2. The number of nitrogens with one attached hydrogen (secondary N) is 1. The fraction of sp³-hybridized carbons (Fsp3) is 0.375. The molecule has 2 aliphatic heterocycles. The van der Waals surface area contributed by atoms with Crippen LogP contribution in [-0.2, 0) is 15.8 Å². The summed E-state index contributed by atoms with van der Waals surface area (Å²) >= 11 is 0. The first-order valence-corrected chi connectivity index (χ1v) is 10.8. The molecule has 33 heavy (non-hydrogen) atoms. The number of hydrogen-bond donors (Lipinski definition) is 1. The molecule has 0 spiro atoms. The summed E-state index contributed by atoms with van der Waals surface area (Å²) in [6.45, 7) is 3.79. The number of piperazine rings is 1. The molecule has 3 heterocycles. The number of halogens is 3. The molecule has 1 saturated heterocycles. The second kappa shape index (κ2) is 9.35. The van der Waals surface area contributed by atoms with Crippen LogP contribution >= 0.6 is 0 Å². The predicted molar refractivity (Wildman–Crippen MR) is 118 cm³/mol. The van der Waals surface area contributed by atoms with Crippen molar-refractivity contribution in [2.24, 2.45) is 0 Å². The van der Waals surface area contributed by atoms with Gasteiger partial charge in [0.15, 0.2) is 0 Å². The number of carbonyl (C=O) groups excluding carboxylic acids is 2. The first-order chi connectivity index (χ1) is 15.7. The minimum Gasteiger partial charge on any atom is -0.339 e. The number of alkyl halides is 3. The summed E-state index contributed by atoms with van der Waals surface area (Å²) in [5.74, 6) is -0.354. The Labute approximate surface area is 190 Å². The van der Waals surface area contributed by atoms with E-state index in [4.69, 9.17) is 0 Å². The molecule has 2 amide bonds. The number of aromatic nitrogens is 1. The molecule has 9 heteroatoms. The van der Waals surface area contributed by atoms with Crippen LogP contribution in [-0.4, -0.2) is 53.9 Å². The van der Waals surface area contributed by atoms with Crippen LogP contribution in [0.4, 0.5) is 19.0 Å². The number of rotatable bonds is 4. The van der Waals surface area contributed by atoms with Gasteiger partial charge >= 0.3 is 6.18 Å². The van der Waals surface area contributed by atoms with E-state index in [0.717, 1.165) is 24.2 Å². The van der Waals surface area contributed by atoms with E-state index >= 15 is 0 Å². The molecule has 1 N–H and O–H groups in total. The van der Waals surface area contributed by atoms with Crippen LogP contribution in [0.3, 0.4) is 0 Å². The lowest BCUT2D eigenvalue weighted by molar-refractivity contribution is -0.137. The number of anilines is 1. The lowest BCUT2D eigenvalue weighted by Crippen LogP contribution is -2.57. The molecule has 0 radical (unpaired) electrons. The van der Waals surface area contributed by atoms with E-state index in [2.05, 4.69) is 22.4 Å². The topological polar surface area (TPSA) is 65.5 Å². The zero-order valence-corrected chi connectivity index (χ0v) is 18.2. The molecular formula is C24H25F3N4O2. The van der Waals surface area contributed by atoms with Crippen LogP contribution in [0.15, 0.2) is 48.7 Å². The van der Waals surface area contributed by atoms with Gasteiger partial charge in [0, 0.05) is 32.4 Å². The highest BCUT2D eigenvalue weighted by molar-refractivity contribution is 5.99. The summed E-state index contributed by atoms with van der Waals surface area (Å²) in [6, 6.07) is 9.60. The fourth-order valence-corrected chi connectivity index (χ4v) is 4.14. The van der Waals surface area contributed by atoms with E-state index in [1.54, 1.807) is 4.90 Å². The molecule has 0 saturated carbocycles. The van der Waals surface area contributed by atoms with Crippen molar-refractivity contribution in [1.82, 2.24) is 15.2 Å². The van der Waals surface area contributed by atoms with Crippen LogP contribution in [0.2, 0.25) is 0 Å². The molecule has 2 aliphatic rings. The lowest BCUT2D eigenvalue weighted by atomic mass is 9.97. The molecule has 4 rings (SSSR count). The average molecular weight is 458 g/mol. The van der Waals surface area contributed by atoms with Gasteiger partial charge in [-0.3, -0.25) is 14.5 Å². The molecule has 6 nitrogen and oxygen atoms in total. The van der Waals surface area contributed by atoms with Gasteiger partial charge in [0.05, 0.1) is 18.0 Å². The second-order valence-corrected chi connectivity index (χ2v) is 8.29. The van der Waals surface area contributed by atoms with Crippen molar-refractivity contribution >= 4 is 23.2 Å². The van der Waals surface area contributed by atoms with E-state index in [-0.39, 0.29) is 30.6 Å². The largest absolute Gasteiger partial charge is 0.417 e. The van der Waals surface area contributed by atoms with Gasteiger partial charge < -0.3 is 10.2 Å². The molecule has 174 valence electrons. The molecule has 0 aliphatic carbocycles. The second-order valence-electron chi connectivity index (χ2n) is 8.29. The maximum Gasteiger partial charge on any atom is 0.417 e. The summed E-state index contributed by atoms with van der Waals surface area (Å²) in [5, 5.41) is 3.05. The summed E-state index contributed by atoms with van der Waals surface area (Å²) < 4.78 is 38.3. The van der Waals surface area contributed by atoms with Gasteiger partial charge in [-0.25, -0.2) is 4.98 Å². The molecular weight excluding hydrogens is 433 g/mol. The summed E-state index contributed by atoms with van der Waals surface area (Å²) in [5.41, 5.74) is 2.67. The third-order valence-corrected chi connectivity index (χ3v) is 5.97. The van der Waals surface area contributed by atoms with Crippen molar-refractivity contribution < 1.29 is 22.8 Å². The predicted octanol–water partition coefficient (Wildman–Crippen LogP) is 3.42. The van der Waals surface area contributed by atoms with Crippen molar-refractivity contribution in [2.45, 2.75) is 32.0 Å². The number of nitrogens with zero attached hydrogens (tertiary/aromatic N) is 3. The Balaban J connectivity index is 1.38. The first-order valence-electron chi connectivity index (χ1n) is 10.8. The Morgan fingerprint density at radius 2 is 2.03 bits per heavy atom. The van der Waals surface area contributed by atoms with Gasteiger partial charge in [0.25, 0.3) is 0 Å². The van der Waals surface area contributed by atoms with Gasteiger partial charge in [0.2, 0.25) is 11.8 Å². The van der Waals surface area contributed by atoms with Gasteiger partial charge in [-0.15, -0.1) is 0 Å². The molecule has 1 unspecified atom stereocenters. The van der Waals surface area contributed by atoms with Crippen LogP contribution in [0, 0.1) is 6.92 Å². The number of benzene rings is 1. The van der Waals surface area contributed by atoms with E-state index in [9.17, 15) is 22.8 Å². The highest BCUT2D eigenvalue weighted by atomic mass is 19.4. The molecule has 0 bridgehead atoms. The van der Waals surface area contributed by atoms with Crippen molar-refractivity contribution in [3.05, 3.63) is 65.4 Å². The van der Waals surface area contributed by atoms with E-state index in [1.165, 1.54) is 22.1 Å². The lowest BCUT2D eigenvalue weighted by Gasteiger charge is -2.34. The van der Waals surface area contributed by atoms with Crippen LogP contribution in [0.1, 0.15) is 29.5 Å². The number of pyridine rings is 1. The van der Waals surface area contributed by atoms with Gasteiger partial charge in [0.1, 0.15) is 5.82 Å². The monoisotopic (exact) mass is 458 g/mol. The molecule has 2 aromatic rings. The standard InChI is InChI=1S/C24H25F3N4O2/c1-16-3-2-4-18(13-16)17-7-10-30(11-8-17)22(32)14-20-23(33)31(12-9-28-20)21-6-5-19(15-29-21)24(25,26)27/h2-7,13,15,20,28H,8-12,14H2,1H3. The number of amides is 2. The fourth-order valence-electron chi connectivity index (χ4n) is 4.14. The van der Waals surface area contributed by atoms with Gasteiger partial charge in [-0.1, -0.05) is 35.9 Å². The van der Waals surface area contributed by atoms with Crippen molar-refractivity contribution in [3.63, 3.8) is 0 Å². The SMILES string of the molecule is Cc1cccc(C2=CCN(C(=O)CC3NCCN(c4ccc(C(F)(F)F)cn4)C3=O)CC2)c1. The minimum absolute atomic E-state index is 0.0103. The number of aryl methyl sites for hydroxylation is 1.